The number of guanidine groups is 1. The third-order valence-corrected chi connectivity index (χ3v) is 3.49. The van der Waals surface area contributed by atoms with E-state index in [9.17, 15) is 0 Å². The summed E-state index contributed by atoms with van der Waals surface area (Å²) in [5.74, 6) is 0.897. The Morgan fingerprint density at radius 2 is 2.05 bits per heavy atom. The monoisotopic (exact) mass is 300 g/mol. The van der Waals surface area contributed by atoms with E-state index in [0.29, 0.717) is 6.04 Å². The number of nitrogens with zero attached hydrogens (tertiary/aromatic N) is 2. The van der Waals surface area contributed by atoms with Crippen LogP contribution in [0.3, 0.4) is 0 Å². The molecule has 0 aromatic carbocycles. The van der Waals surface area contributed by atoms with E-state index in [-0.39, 0.29) is 0 Å². The van der Waals surface area contributed by atoms with Gasteiger partial charge in [-0.25, -0.2) is 0 Å². The Morgan fingerprint density at radius 1 is 1.29 bits per heavy atom. The lowest BCUT2D eigenvalue weighted by atomic mass is 10.2. The zero-order valence-electron chi connectivity index (χ0n) is 13.9. The molecule has 1 atom stereocenters. The molecule has 6 heteroatoms. The van der Waals surface area contributed by atoms with Crippen molar-refractivity contribution in [3.05, 3.63) is 0 Å². The molecule has 1 rings (SSSR count). The summed E-state index contributed by atoms with van der Waals surface area (Å²) in [5, 5.41) is 6.64. The molecule has 6 nitrogen and oxygen atoms in total. The molecule has 1 heterocycles. The number of nitrogens with one attached hydrogen (secondary N) is 2. The number of rotatable bonds is 9. The van der Waals surface area contributed by atoms with Gasteiger partial charge < -0.3 is 20.1 Å². The number of hydrogen-bond donors (Lipinski definition) is 2. The Balaban J connectivity index is 2.28. The summed E-state index contributed by atoms with van der Waals surface area (Å²) < 4.78 is 10.7. The predicted octanol–water partition coefficient (Wildman–Crippen LogP) is 0.689. The Kier molecular flexibility index (Phi) is 10.2. The summed E-state index contributed by atoms with van der Waals surface area (Å²) in [6.45, 7) is 14.2. The van der Waals surface area contributed by atoms with Gasteiger partial charge in [-0.2, -0.15) is 0 Å². The van der Waals surface area contributed by atoms with Crippen molar-refractivity contribution in [2.75, 3.05) is 59.2 Å². The predicted molar refractivity (Wildman–Crippen MR) is 86.9 cm³/mol. The van der Waals surface area contributed by atoms with Gasteiger partial charge in [0.2, 0.25) is 0 Å². The highest BCUT2D eigenvalue weighted by Gasteiger charge is 2.16. The molecule has 1 saturated heterocycles. The van der Waals surface area contributed by atoms with Crippen LogP contribution in [0.15, 0.2) is 4.99 Å². The van der Waals surface area contributed by atoms with Gasteiger partial charge in [0.25, 0.3) is 0 Å². The quantitative estimate of drug-likeness (QED) is 0.373. The van der Waals surface area contributed by atoms with Crippen molar-refractivity contribution in [1.82, 2.24) is 15.5 Å². The van der Waals surface area contributed by atoms with Gasteiger partial charge >= 0.3 is 0 Å². The molecule has 0 radical (unpaired) electrons. The molecule has 0 aromatic heterocycles. The maximum Gasteiger partial charge on any atom is 0.191 e. The van der Waals surface area contributed by atoms with Gasteiger partial charge in [-0.15, -0.1) is 0 Å². The number of ether oxygens (including phenoxy) is 2. The van der Waals surface area contributed by atoms with Crippen LogP contribution in [0.5, 0.6) is 0 Å². The van der Waals surface area contributed by atoms with Crippen LogP contribution < -0.4 is 10.6 Å². The van der Waals surface area contributed by atoms with Crippen molar-refractivity contribution in [3.8, 4) is 0 Å². The molecular formula is C15H32N4O2. The second-order valence-electron chi connectivity index (χ2n) is 5.19. The van der Waals surface area contributed by atoms with Crippen LogP contribution in [-0.4, -0.2) is 76.1 Å². The first kappa shape index (κ1) is 18.2. The zero-order valence-corrected chi connectivity index (χ0v) is 13.9. The molecule has 1 fully saturated rings. The molecule has 1 aliphatic rings. The maximum absolute atomic E-state index is 5.39. The minimum absolute atomic E-state index is 0.452. The Labute approximate surface area is 129 Å². The molecule has 1 aliphatic heterocycles. The van der Waals surface area contributed by atoms with Crippen molar-refractivity contribution in [2.45, 2.75) is 33.2 Å². The highest BCUT2D eigenvalue weighted by atomic mass is 16.5. The first-order valence-electron chi connectivity index (χ1n) is 8.19. The summed E-state index contributed by atoms with van der Waals surface area (Å²) in [5.41, 5.74) is 0. The number of aliphatic imine (C=N–C) groups is 1. The lowest BCUT2D eigenvalue weighted by Crippen LogP contribution is -2.44. The van der Waals surface area contributed by atoms with Gasteiger partial charge in [-0.05, 0) is 27.2 Å². The summed E-state index contributed by atoms with van der Waals surface area (Å²) >= 11 is 0. The van der Waals surface area contributed by atoms with Crippen molar-refractivity contribution in [3.63, 3.8) is 0 Å². The highest BCUT2D eigenvalue weighted by molar-refractivity contribution is 5.79. The molecule has 1 unspecified atom stereocenters. The Hall–Kier alpha value is -0.850. The van der Waals surface area contributed by atoms with E-state index in [1.807, 2.05) is 6.92 Å². The lowest BCUT2D eigenvalue weighted by Gasteiger charge is -2.31. The number of hydrogen-bond acceptors (Lipinski definition) is 4. The standard InChI is InChI=1S/C15H32N4O2/c1-4-16-15(17-7-6-10-20-5-2)18-13-14(3)19-8-11-21-12-9-19/h14H,4-13H2,1-3H3,(H2,16,17,18). The molecule has 2 N–H and O–H groups in total. The van der Waals surface area contributed by atoms with Crippen LogP contribution >= 0.6 is 0 Å². The fourth-order valence-corrected chi connectivity index (χ4v) is 2.22. The molecule has 0 saturated carbocycles. The van der Waals surface area contributed by atoms with Crippen LogP contribution in [-0.2, 0) is 9.47 Å². The topological polar surface area (TPSA) is 58.1 Å². The smallest absolute Gasteiger partial charge is 0.191 e. The van der Waals surface area contributed by atoms with Crippen LogP contribution in [0, 0.1) is 0 Å². The molecule has 0 spiro atoms. The van der Waals surface area contributed by atoms with Gasteiger partial charge in [-0.1, -0.05) is 0 Å². The highest BCUT2D eigenvalue weighted by Crippen LogP contribution is 2.03. The van der Waals surface area contributed by atoms with E-state index in [1.54, 1.807) is 0 Å². The first-order chi connectivity index (χ1) is 10.3. The van der Waals surface area contributed by atoms with Crippen molar-refractivity contribution in [1.29, 1.82) is 0 Å². The minimum Gasteiger partial charge on any atom is -0.382 e. The van der Waals surface area contributed by atoms with Gasteiger partial charge in [0, 0.05) is 45.4 Å². The zero-order chi connectivity index (χ0) is 15.3. The second kappa shape index (κ2) is 11.8. The average Bonchev–Trinajstić information content (AvgIpc) is 2.52. The van der Waals surface area contributed by atoms with Gasteiger partial charge in [0.1, 0.15) is 0 Å². The van der Waals surface area contributed by atoms with Crippen molar-refractivity contribution >= 4 is 5.96 Å². The molecule has 0 aromatic rings. The third-order valence-electron chi connectivity index (χ3n) is 3.49. The molecule has 0 bridgehead atoms. The molecule has 0 aliphatic carbocycles. The summed E-state index contributed by atoms with van der Waals surface area (Å²) in [7, 11) is 0. The first-order valence-corrected chi connectivity index (χ1v) is 8.19. The largest absolute Gasteiger partial charge is 0.382 e. The molecule has 124 valence electrons. The van der Waals surface area contributed by atoms with Gasteiger partial charge in [0.15, 0.2) is 5.96 Å². The van der Waals surface area contributed by atoms with Crippen LogP contribution in [0.25, 0.3) is 0 Å². The third kappa shape index (κ3) is 8.24. The van der Waals surface area contributed by atoms with E-state index >= 15 is 0 Å². The minimum atomic E-state index is 0.452. The summed E-state index contributed by atoms with van der Waals surface area (Å²) in [6, 6.07) is 0.452. The van der Waals surface area contributed by atoms with Crippen LogP contribution in [0.1, 0.15) is 27.2 Å². The number of morpholine rings is 1. The summed E-state index contributed by atoms with van der Waals surface area (Å²) in [4.78, 5) is 7.11. The maximum atomic E-state index is 5.39. The van der Waals surface area contributed by atoms with Gasteiger partial charge in [-0.3, -0.25) is 9.89 Å². The fraction of sp³-hybridized carbons (Fsp3) is 0.933. The Bertz CT molecular complexity index is 281. The average molecular weight is 300 g/mol. The SMILES string of the molecule is CCNC(=NCC(C)N1CCOCC1)NCCCOCC. The fourth-order valence-electron chi connectivity index (χ4n) is 2.22. The van der Waals surface area contributed by atoms with Crippen molar-refractivity contribution < 1.29 is 9.47 Å². The van der Waals surface area contributed by atoms with Crippen LogP contribution in [0.4, 0.5) is 0 Å². The van der Waals surface area contributed by atoms with E-state index in [0.717, 1.165) is 71.5 Å². The Morgan fingerprint density at radius 3 is 2.71 bits per heavy atom. The van der Waals surface area contributed by atoms with E-state index in [2.05, 4.69) is 34.4 Å². The molecule has 21 heavy (non-hydrogen) atoms. The second-order valence-corrected chi connectivity index (χ2v) is 5.19. The van der Waals surface area contributed by atoms with E-state index in [4.69, 9.17) is 9.47 Å². The normalized spacial score (nSPS) is 18.5. The van der Waals surface area contributed by atoms with Crippen molar-refractivity contribution in [2.24, 2.45) is 4.99 Å². The van der Waals surface area contributed by atoms with Gasteiger partial charge in [0.05, 0.1) is 19.8 Å². The molecular weight excluding hydrogens is 268 g/mol. The lowest BCUT2D eigenvalue weighted by molar-refractivity contribution is 0.0220. The summed E-state index contributed by atoms with van der Waals surface area (Å²) in [6.07, 6.45) is 0.997. The molecule has 0 amide bonds. The van der Waals surface area contributed by atoms with E-state index < -0.39 is 0 Å². The van der Waals surface area contributed by atoms with E-state index in [1.165, 1.54) is 0 Å². The van der Waals surface area contributed by atoms with Crippen LogP contribution in [0.2, 0.25) is 0 Å².